The van der Waals surface area contributed by atoms with Crippen LogP contribution in [0.25, 0.3) is 0 Å². The topological polar surface area (TPSA) is 60.8 Å². The molecule has 1 saturated heterocycles. The van der Waals surface area contributed by atoms with Gasteiger partial charge in [0.1, 0.15) is 6.04 Å². The van der Waals surface area contributed by atoms with Crippen LogP contribution in [0.3, 0.4) is 0 Å². The largest absolute Gasteiger partial charge is 0.480 e. The molecule has 0 aromatic carbocycles. The molecule has 15 heavy (non-hydrogen) atoms. The van der Waals surface area contributed by atoms with Crippen LogP contribution in [0.4, 0.5) is 0 Å². The van der Waals surface area contributed by atoms with Gasteiger partial charge in [0.15, 0.2) is 0 Å². The molecule has 1 rings (SSSR count). The third-order valence-electron chi connectivity index (χ3n) is 3.21. The summed E-state index contributed by atoms with van der Waals surface area (Å²) in [5.74, 6) is -0.734. The number of hydrogen-bond acceptors (Lipinski definition) is 3. The molecular formula is C11H21NO3. The fourth-order valence-electron chi connectivity index (χ4n) is 2.44. The van der Waals surface area contributed by atoms with Gasteiger partial charge in [-0.3, -0.25) is 9.69 Å². The summed E-state index contributed by atoms with van der Waals surface area (Å²) in [4.78, 5) is 13.1. The van der Waals surface area contributed by atoms with Gasteiger partial charge < -0.3 is 10.2 Å². The van der Waals surface area contributed by atoms with Crippen LogP contribution < -0.4 is 0 Å². The van der Waals surface area contributed by atoms with Gasteiger partial charge in [-0.05, 0) is 32.2 Å². The first-order valence-corrected chi connectivity index (χ1v) is 5.80. The third kappa shape index (κ3) is 3.18. The van der Waals surface area contributed by atoms with E-state index in [1.54, 1.807) is 0 Å². The standard InChI is InChI=1S/C11H21NO3/c1-2-10(11(14)15)12-7-4-3-5-9(12)6-8-13/h9-10,13H,2-8H2,1H3,(H,14,15). The summed E-state index contributed by atoms with van der Waals surface area (Å²) in [6.45, 7) is 2.91. The Morgan fingerprint density at radius 1 is 1.53 bits per heavy atom. The van der Waals surface area contributed by atoms with E-state index in [1.165, 1.54) is 0 Å². The average molecular weight is 215 g/mol. The number of carboxylic acid groups (broad SMARTS) is 1. The molecule has 0 amide bonds. The van der Waals surface area contributed by atoms with Crippen LogP contribution in [0.5, 0.6) is 0 Å². The smallest absolute Gasteiger partial charge is 0.320 e. The van der Waals surface area contributed by atoms with Crippen molar-refractivity contribution >= 4 is 5.97 Å². The fraction of sp³-hybridized carbons (Fsp3) is 0.909. The van der Waals surface area contributed by atoms with Gasteiger partial charge in [-0.15, -0.1) is 0 Å². The van der Waals surface area contributed by atoms with Gasteiger partial charge >= 0.3 is 5.97 Å². The number of aliphatic carboxylic acids is 1. The summed E-state index contributed by atoms with van der Waals surface area (Å²) in [7, 11) is 0. The molecule has 1 fully saturated rings. The van der Waals surface area contributed by atoms with E-state index >= 15 is 0 Å². The van der Waals surface area contributed by atoms with Gasteiger partial charge in [-0.25, -0.2) is 0 Å². The molecule has 4 heteroatoms. The zero-order valence-corrected chi connectivity index (χ0v) is 9.35. The number of carboxylic acids is 1. The molecule has 1 aliphatic rings. The van der Waals surface area contributed by atoms with E-state index < -0.39 is 5.97 Å². The Bertz CT molecular complexity index is 206. The van der Waals surface area contributed by atoms with E-state index in [4.69, 9.17) is 10.2 Å². The van der Waals surface area contributed by atoms with Gasteiger partial charge in [0.2, 0.25) is 0 Å². The Morgan fingerprint density at radius 2 is 2.27 bits per heavy atom. The Morgan fingerprint density at radius 3 is 2.80 bits per heavy atom. The lowest BCUT2D eigenvalue weighted by Crippen LogP contribution is -2.49. The second kappa shape index (κ2) is 6.08. The van der Waals surface area contributed by atoms with Crippen molar-refractivity contribution in [3.8, 4) is 0 Å². The molecule has 0 radical (unpaired) electrons. The van der Waals surface area contributed by atoms with Gasteiger partial charge in [0.25, 0.3) is 0 Å². The number of piperidine rings is 1. The maximum absolute atomic E-state index is 11.1. The van der Waals surface area contributed by atoms with Gasteiger partial charge in [0, 0.05) is 12.6 Å². The van der Waals surface area contributed by atoms with Crippen molar-refractivity contribution in [2.24, 2.45) is 0 Å². The molecule has 1 aliphatic heterocycles. The normalized spacial score (nSPS) is 25.1. The van der Waals surface area contributed by atoms with E-state index in [1.807, 2.05) is 6.92 Å². The van der Waals surface area contributed by atoms with Crippen LogP contribution in [0.15, 0.2) is 0 Å². The zero-order valence-electron chi connectivity index (χ0n) is 9.35. The highest BCUT2D eigenvalue weighted by molar-refractivity contribution is 5.73. The van der Waals surface area contributed by atoms with Crippen LogP contribution in [0.2, 0.25) is 0 Å². The molecule has 2 unspecified atom stereocenters. The van der Waals surface area contributed by atoms with Gasteiger partial charge in [-0.2, -0.15) is 0 Å². The van der Waals surface area contributed by atoms with E-state index in [0.29, 0.717) is 12.8 Å². The highest BCUT2D eigenvalue weighted by Gasteiger charge is 2.31. The van der Waals surface area contributed by atoms with Crippen molar-refractivity contribution in [2.75, 3.05) is 13.2 Å². The molecule has 2 atom stereocenters. The van der Waals surface area contributed by atoms with E-state index in [9.17, 15) is 4.79 Å². The zero-order chi connectivity index (χ0) is 11.3. The number of nitrogens with zero attached hydrogens (tertiary/aromatic N) is 1. The van der Waals surface area contributed by atoms with E-state index in [2.05, 4.69) is 4.90 Å². The number of hydrogen-bond donors (Lipinski definition) is 2. The summed E-state index contributed by atoms with van der Waals surface area (Å²) in [6, 6.07) is -0.119. The van der Waals surface area contributed by atoms with Crippen molar-refractivity contribution in [2.45, 2.75) is 51.1 Å². The van der Waals surface area contributed by atoms with E-state index in [0.717, 1.165) is 25.8 Å². The first-order valence-electron chi connectivity index (χ1n) is 5.80. The summed E-state index contributed by atoms with van der Waals surface area (Å²) in [6.07, 6.45) is 4.58. The van der Waals surface area contributed by atoms with Crippen LogP contribution in [0.1, 0.15) is 39.0 Å². The van der Waals surface area contributed by atoms with Gasteiger partial charge in [0.05, 0.1) is 0 Å². The van der Waals surface area contributed by atoms with Crippen LogP contribution >= 0.6 is 0 Å². The first kappa shape index (κ1) is 12.5. The molecule has 0 aliphatic carbocycles. The number of aliphatic hydroxyl groups excluding tert-OH is 1. The van der Waals surface area contributed by atoms with Crippen molar-refractivity contribution in [1.82, 2.24) is 4.90 Å². The highest BCUT2D eigenvalue weighted by Crippen LogP contribution is 2.23. The molecule has 0 aromatic rings. The molecule has 0 aromatic heterocycles. The Kier molecular flexibility index (Phi) is 5.05. The summed E-state index contributed by atoms with van der Waals surface area (Å²) < 4.78 is 0. The minimum absolute atomic E-state index is 0.150. The van der Waals surface area contributed by atoms with Crippen molar-refractivity contribution < 1.29 is 15.0 Å². The Labute approximate surface area is 90.9 Å². The number of likely N-dealkylation sites (tertiary alicyclic amines) is 1. The predicted molar refractivity (Wildman–Crippen MR) is 57.8 cm³/mol. The maximum Gasteiger partial charge on any atom is 0.320 e. The molecule has 0 saturated carbocycles. The van der Waals surface area contributed by atoms with Crippen LogP contribution in [-0.4, -0.2) is 46.3 Å². The monoisotopic (exact) mass is 215 g/mol. The molecule has 4 nitrogen and oxygen atoms in total. The summed E-state index contributed by atoms with van der Waals surface area (Å²) >= 11 is 0. The number of aliphatic hydroxyl groups is 1. The first-order chi connectivity index (χ1) is 7.20. The van der Waals surface area contributed by atoms with Crippen molar-refractivity contribution in [3.63, 3.8) is 0 Å². The number of carbonyl (C=O) groups is 1. The highest BCUT2D eigenvalue weighted by atomic mass is 16.4. The molecular weight excluding hydrogens is 194 g/mol. The third-order valence-corrected chi connectivity index (χ3v) is 3.21. The average Bonchev–Trinajstić information content (AvgIpc) is 2.21. The molecule has 88 valence electrons. The Balaban J connectivity index is 2.64. The van der Waals surface area contributed by atoms with Crippen molar-refractivity contribution in [1.29, 1.82) is 0 Å². The molecule has 0 bridgehead atoms. The summed E-state index contributed by atoms with van der Waals surface area (Å²) in [5, 5.41) is 18.1. The lowest BCUT2D eigenvalue weighted by atomic mass is 9.96. The second-order valence-corrected chi connectivity index (χ2v) is 4.16. The van der Waals surface area contributed by atoms with Crippen LogP contribution in [0, 0.1) is 0 Å². The molecule has 2 N–H and O–H groups in total. The summed E-state index contributed by atoms with van der Waals surface area (Å²) in [5.41, 5.74) is 0. The number of rotatable bonds is 5. The quantitative estimate of drug-likeness (QED) is 0.720. The van der Waals surface area contributed by atoms with E-state index in [-0.39, 0.29) is 18.7 Å². The fourth-order valence-corrected chi connectivity index (χ4v) is 2.44. The minimum Gasteiger partial charge on any atom is -0.480 e. The van der Waals surface area contributed by atoms with Crippen LogP contribution in [-0.2, 0) is 4.79 Å². The lowest BCUT2D eigenvalue weighted by molar-refractivity contribution is -0.145. The Hall–Kier alpha value is -0.610. The lowest BCUT2D eigenvalue weighted by Gasteiger charge is -2.39. The van der Waals surface area contributed by atoms with Gasteiger partial charge in [-0.1, -0.05) is 13.3 Å². The second-order valence-electron chi connectivity index (χ2n) is 4.16. The minimum atomic E-state index is -0.734. The molecule has 1 heterocycles. The predicted octanol–water partition coefficient (Wildman–Crippen LogP) is 1.09. The van der Waals surface area contributed by atoms with Crippen molar-refractivity contribution in [3.05, 3.63) is 0 Å². The SMILES string of the molecule is CCC(C(=O)O)N1CCCCC1CCO. The molecule has 0 spiro atoms. The maximum atomic E-state index is 11.1.